The minimum atomic E-state index is -0.0332. The van der Waals surface area contributed by atoms with Crippen LogP contribution in [0.3, 0.4) is 0 Å². The molecule has 0 unspecified atom stereocenters. The first-order valence-electron chi connectivity index (χ1n) is 11.6. The molecule has 0 saturated carbocycles. The highest BCUT2D eigenvalue weighted by molar-refractivity contribution is 5.80. The van der Waals surface area contributed by atoms with Crippen molar-refractivity contribution in [2.45, 2.75) is 19.9 Å². The van der Waals surface area contributed by atoms with Gasteiger partial charge in [-0.2, -0.15) is 0 Å². The van der Waals surface area contributed by atoms with Crippen LogP contribution in [0.5, 0.6) is 5.75 Å². The van der Waals surface area contributed by atoms with Crippen LogP contribution in [-0.4, -0.2) is 54.2 Å². The van der Waals surface area contributed by atoms with Gasteiger partial charge in [0.05, 0.1) is 25.4 Å². The summed E-state index contributed by atoms with van der Waals surface area (Å²) in [4.78, 5) is 24.6. The number of nitrogens with one attached hydrogen (secondary N) is 2. The van der Waals surface area contributed by atoms with Crippen LogP contribution in [0, 0.1) is 6.92 Å². The first-order valence-corrected chi connectivity index (χ1v) is 11.6. The van der Waals surface area contributed by atoms with Crippen LogP contribution in [0.15, 0.2) is 59.1 Å². The third kappa shape index (κ3) is 4.57. The van der Waals surface area contributed by atoms with Crippen molar-refractivity contribution in [2.75, 3.05) is 38.2 Å². The van der Waals surface area contributed by atoms with Crippen molar-refractivity contribution < 1.29 is 13.9 Å². The molecular formula is C26H29N5O3. The Labute approximate surface area is 198 Å². The number of rotatable bonds is 5. The molecule has 0 aliphatic carbocycles. The number of oxazole rings is 1. The van der Waals surface area contributed by atoms with Crippen molar-refractivity contribution in [1.82, 2.24) is 20.2 Å². The lowest BCUT2D eigenvalue weighted by molar-refractivity contribution is 0.201. The van der Waals surface area contributed by atoms with Crippen LogP contribution in [0.1, 0.15) is 18.0 Å². The highest BCUT2D eigenvalue weighted by Gasteiger charge is 2.21. The molecule has 176 valence electrons. The first kappa shape index (κ1) is 21.9. The van der Waals surface area contributed by atoms with Gasteiger partial charge in [-0.05, 0) is 36.1 Å². The summed E-state index contributed by atoms with van der Waals surface area (Å²) in [6.07, 6.45) is 2.61. The molecule has 0 radical (unpaired) electrons. The molecule has 8 heteroatoms. The summed E-state index contributed by atoms with van der Waals surface area (Å²) in [6.45, 7) is 5.31. The molecule has 4 aromatic rings. The van der Waals surface area contributed by atoms with Crippen molar-refractivity contribution in [3.63, 3.8) is 0 Å². The summed E-state index contributed by atoms with van der Waals surface area (Å²) < 4.78 is 11.3. The zero-order valence-electron chi connectivity index (χ0n) is 19.5. The molecule has 3 heterocycles. The quantitative estimate of drug-likeness (QED) is 0.457. The molecule has 2 amide bonds. The van der Waals surface area contributed by atoms with E-state index in [0.29, 0.717) is 24.7 Å². The summed E-state index contributed by atoms with van der Waals surface area (Å²) in [7, 11) is 1.66. The summed E-state index contributed by atoms with van der Waals surface area (Å²) in [6, 6.07) is 16.3. The van der Waals surface area contributed by atoms with E-state index in [-0.39, 0.29) is 6.03 Å². The Morgan fingerprint density at radius 3 is 2.82 bits per heavy atom. The van der Waals surface area contributed by atoms with Crippen molar-refractivity contribution in [3.8, 4) is 17.1 Å². The number of nitrogens with zero attached hydrogens (tertiary/aromatic N) is 3. The maximum atomic E-state index is 12.8. The van der Waals surface area contributed by atoms with Gasteiger partial charge >= 0.3 is 6.03 Å². The second-order valence-corrected chi connectivity index (χ2v) is 8.50. The molecule has 1 aliphatic heterocycles. The third-order valence-electron chi connectivity index (χ3n) is 6.24. The number of aryl methyl sites for hydroxylation is 1. The van der Waals surface area contributed by atoms with Gasteiger partial charge in [0.2, 0.25) is 0 Å². The lowest BCUT2D eigenvalue weighted by atomic mass is 10.1. The van der Waals surface area contributed by atoms with E-state index in [0.717, 1.165) is 59.7 Å². The molecule has 2 aromatic carbocycles. The average Bonchev–Trinajstić information content (AvgIpc) is 3.40. The number of hydrogen-bond acceptors (Lipinski definition) is 5. The van der Waals surface area contributed by atoms with Crippen LogP contribution in [0.4, 0.5) is 10.5 Å². The molecule has 34 heavy (non-hydrogen) atoms. The average molecular weight is 460 g/mol. The number of para-hydroxylation sites is 1. The number of amides is 2. The SMILES string of the molecule is COc1cc(N2CCCN(C(=O)NCc3cc4ccccc4[nH]3)CC2)ccc1-c1cnc(C)o1. The van der Waals surface area contributed by atoms with Crippen LogP contribution in [0.25, 0.3) is 22.2 Å². The van der Waals surface area contributed by atoms with Gasteiger partial charge in [0.25, 0.3) is 0 Å². The highest BCUT2D eigenvalue weighted by atomic mass is 16.5. The second kappa shape index (κ2) is 9.51. The predicted octanol–water partition coefficient (Wildman–Crippen LogP) is 4.56. The van der Waals surface area contributed by atoms with Crippen LogP contribution in [-0.2, 0) is 6.54 Å². The summed E-state index contributed by atoms with van der Waals surface area (Å²) in [5.41, 5.74) is 4.02. The van der Waals surface area contributed by atoms with E-state index >= 15 is 0 Å². The number of carbonyl (C=O) groups excluding carboxylic acids is 1. The minimum Gasteiger partial charge on any atom is -0.496 e. The van der Waals surface area contributed by atoms with E-state index in [1.807, 2.05) is 42.2 Å². The molecule has 1 aliphatic rings. The van der Waals surface area contributed by atoms with E-state index in [2.05, 4.69) is 38.4 Å². The fourth-order valence-electron chi connectivity index (χ4n) is 4.46. The summed E-state index contributed by atoms with van der Waals surface area (Å²) >= 11 is 0. The number of hydrogen-bond donors (Lipinski definition) is 2. The van der Waals surface area contributed by atoms with Crippen LogP contribution >= 0.6 is 0 Å². The first-order chi connectivity index (χ1) is 16.6. The van der Waals surface area contributed by atoms with Gasteiger partial charge < -0.3 is 29.3 Å². The summed E-state index contributed by atoms with van der Waals surface area (Å²) in [5, 5.41) is 4.21. The molecule has 5 rings (SSSR count). The largest absolute Gasteiger partial charge is 0.496 e. The fourth-order valence-corrected chi connectivity index (χ4v) is 4.46. The lowest BCUT2D eigenvalue weighted by Gasteiger charge is -2.24. The van der Waals surface area contributed by atoms with Gasteiger partial charge in [-0.15, -0.1) is 0 Å². The molecule has 0 bridgehead atoms. The Kier molecular flexibility index (Phi) is 6.12. The smallest absolute Gasteiger partial charge is 0.317 e. The fraction of sp³-hybridized carbons (Fsp3) is 0.308. The number of aromatic nitrogens is 2. The molecule has 1 fully saturated rings. The standard InChI is InChI=1S/C26H29N5O3/c1-18-27-17-25(34-18)22-9-8-21(15-24(22)33-2)30-10-5-11-31(13-12-30)26(32)28-16-20-14-19-6-3-4-7-23(19)29-20/h3-4,6-9,14-15,17,29H,5,10-13,16H2,1-2H3,(H,28,32). The van der Waals surface area contributed by atoms with Gasteiger partial charge in [0.15, 0.2) is 11.7 Å². The normalized spacial score (nSPS) is 14.3. The molecule has 8 nitrogen and oxygen atoms in total. The van der Waals surface area contributed by atoms with Crippen molar-refractivity contribution in [1.29, 1.82) is 0 Å². The zero-order chi connectivity index (χ0) is 23.5. The van der Waals surface area contributed by atoms with Crippen molar-refractivity contribution in [2.24, 2.45) is 0 Å². The number of aromatic amines is 1. The van der Waals surface area contributed by atoms with E-state index in [1.54, 1.807) is 13.3 Å². The van der Waals surface area contributed by atoms with E-state index in [4.69, 9.17) is 9.15 Å². The number of fused-ring (bicyclic) bond motifs is 1. The Morgan fingerprint density at radius 1 is 1.15 bits per heavy atom. The van der Waals surface area contributed by atoms with Crippen molar-refractivity contribution >= 4 is 22.6 Å². The molecule has 1 saturated heterocycles. The van der Waals surface area contributed by atoms with E-state index in [9.17, 15) is 4.79 Å². The monoisotopic (exact) mass is 459 g/mol. The maximum absolute atomic E-state index is 12.8. The zero-order valence-corrected chi connectivity index (χ0v) is 19.5. The number of urea groups is 1. The highest BCUT2D eigenvalue weighted by Crippen LogP contribution is 2.34. The van der Waals surface area contributed by atoms with Crippen molar-refractivity contribution in [3.05, 3.63) is 66.3 Å². The third-order valence-corrected chi connectivity index (χ3v) is 6.24. The Bertz CT molecular complexity index is 1260. The van der Waals surface area contributed by atoms with Crippen LogP contribution in [0.2, 0.25) is 0 Å². The summed E-state index contributed by atoms with van der Waals surface area (Å²) in [5.74, 6) is 2.05. The van der Waals surface area contributed by atoms with Crippen LogP contribution < -0.4 is 15.0 Å². The maximum Gasteiger partial charge on any atom is 0.317 e. The predicted molar refractivity (Wildman–Crippen MR) is 132 cm³/mol. The van der Waals surface area contributed by atoms with E-state index in [1.165, 1.54) is 0 Å². The Balaban J connectivity index is 1.21. The number of benzene rings is 2. The number of ether oxygens (including phenoxy) is 1. The Hall–Kier alpha value is -3.94. The lowest BCUT2D eigenvalue weighted by Crippen LogP contribution is -2.41. The van der Waals surface area contributed by atoms with Gasteiger partial charge in [0, 0.05) is 56.1 Å². The van der Waals surface area contributed by atoms with E-state index < -0.39 is 0 Å². The topological polar surface area (TPSA) is 86.6 Å². The molecule has 0 atom stereocenters. The molecule has 2 aromatic heterocycles. The Morgan fingerprint density at radius 2 is 2.03 bits per heavy atom. The van der Waals surface area contributed by atoms with Gasteiger partial charge in [-0.1, -0.05) is 18.2 Å². The number of anilines is 1. The number of carbonyl (C=O) groups is 1. The molecule has 2 N–H and O–H groups in total. The van der Waals surface area contributed by atoms with Gasteiger partial charge in [0.1, 0.15) is 5.75 Å². The molecule has 0 spiro atoms. The number of methoxy groups -OCH3 is 1. The minimum absolute atomic E-state index is 0.0332. The van der Waals surface area contributed by atoms with Gasteiger partial charge in [-0.25, -0.2) is 9.78 Å². The number of H-pyrrole nitrogens is 1. The molecular weight excluding hydrogens is 430 g/mol. The second-order valence-electron chi connectivity index (χ2n) is 8.50. The van der Waals surface area contributed by atoms with Gasteiger partial charge in [-0.3, -0.25) is 0 Å².